The zero-order valence-electron chi connectivity index (χ0n) is 31.0. The van der Waals surface area contributed by atoms with Crippen LogP contribution in [-0.2, 0) is 23.2 Å². The molecule has 1 fully saturated rings. The second-order valence-electron chi connectivity index (χ2n) is 12.6. The normalized spacial score (nSPS) is 13.1. The van der Waals surface area contributed by atoms with Crippen LogP contribution in [0.4, 0.5) is 18.9 Å². The lowest BCUT2D eigenvalue weighted by molar-refractivity contribution is -0.274. The van der Waals surface area contributed by atoms with Crippen LogP contribution < -0.4 is 19.1 Å². The number of rotatable bonds is 11. The maximum Gasteiger partial charge on any atom is 0.573 e. The van der Waals surface area contributed by atoms with Gasteiger partial charge in [-0.05, 0) is 72.3 Å². The molecule has 2 N–H and O–H groups in total. The molecule has 1 saturated heterocycles. The Balaban J connectivity index is 0.000000701. The number of aliphatic carboxylic acids is 2. The number of carboxylic acids is 2. The molecule has 57 heavy (non-hydrogen) atoms. The van der Waals surface area contributed by atoms with E-state index >= 15 is 0 Å². The Morgan fingerprint density at radius 3 is 2.00 bits per heavy atom. The molecule has 0 bridgehead atoms. The summed E-state index contributed by atoms with van der Waals surface area (Å²) in [5.41, 5.74) is 3.31. The van der Waals surface area contributed by atoms with Gasteiger partial charge in [-0.2, -0.15) is 0 Å². The van der Waals surface area contributed by atoms with Crippen LogP contribution in [0.3, 0.4) is 0 Å². The molecule has 0 unspecified atom stereocenters. The van der Waals surface area contributed by atoms with Crippen molar-refractivity contribution in [2.24, 2.45) is 7.05 Å². The summed E-state index contributed by atoms with van der Waals surface area (Å²) >= 11 is 0. The molecule has 1 aliphatic heterocycles. The van der Waals surface area contributed by atoms with Gasteiger partial charge >= 0.3 is 18.3 Å². The first kappa shape index (κ1) is 41.3. The highest BCUT2D eigenvalue weighted by Crippen LogP contribution is 2.29. The van der Waals surface area contributed by atoms with Crippen molar-refractivity contribution in [2.75, 3.05) is 45.2 Å². The smallest absolute Gasteiger partial charge is 0.497 e. The number of halogens is 3. The van der Waals surface area contributed by atoms with Crippen molar-refractivity contribution in [2.45, 2.75) is 12.9 Å². The molecule has 0 saturated carbocycles. The van der Waals surface area contributed by atoms with E-state index in [4.69, 9.17) is 19.7 Å². The van der Waals surface area contributed by atoms with Gasteiger partial charge in [0, 0.05) is 81.5 Å². The van der Waals surface area contributed by atoms with Gasteiger partial charge in [0.25, 0.3) is 11.8 Å². The number of methoxy groups -OCH3 is 1. The minimum atomic E-state index is -4.82. The lowest BCUT2D eigenvalue weighted by Gasteiger charge is -2.34. The number of carbonyl (C=O) groups excluding carboxylic acids is 2. The molecule has 14 nitrogen and oxygen atoms in total. The number of aromatic nitrogens is 2. The number of hydrogen-bond acceptors (Lipinski definition) is 9. The van der Waals surface area contributed by atoms with Gasteiger partial charge in [-0.25, -0.2) is 14.6 Å². The minimum absolute atomic E-state index is 0.0215. The van der Waals surface area contributed by atoms with Gasteiger partial charge in [-0.3, -0.25) is 14.5 Å². The van der Waals surface area contributed by atoms with Gasteiger partial charge in [0.15, 0.2) is 0 Å². The summed E-state index contributed by atoms with van der Waals surface area (Å²) < 4.78 is 54.3. The number of carbonyl (C=O) groups is 4. The van der Waals surface area contributed by atoms with Crippen molar-refractivity contribution in [1.82, 2.24) is 19.4 Å². The van der Waals surface area contributed by atoms with E-state index < -0.39 is 30.0 Å². The summed E-state index contributed by atoms with van der Waals surface area (Å²) in [6, 6.07) is 23.4. The maximum absolute atomic E-state index is 13.5. The number of pyridine rings is 1. The van der Waals surface area contributed by atoms with Crippen LogP contribution in [0.1, 0.15) is 26.4 Å². The molecule has 1 aliphatic rings. The highest BCUT2D eigenvalue weighted by atomic mass is 19.4. The molecule has 5 aromatic rings. The number of aryl methyl sites for hydroxylation is 1. The standard InChI is InChI=1S/C36H34F3N5O5.C4H4O4/c1-41(34(45)25-6-11-29(12-7-25)49-36(37,38)39)27-8-15-33(40-22-27)48-30-13-14-31-26(20-30)21-32(42(31)2)35(46)44-18-16-43(17-19-44)23-24-4-9-28(47-3)10-5-24;5-3(6)1-2-4(7)8/h4-15,20-22H,16-19,23H2,1-3H3;1-2H,(H,5,6)(H,7,8). The predicted molar refractivity (Wildman–Crippen MR) is 202 cm³/mol. The van der Waals surface area contributed by atoms with E-state index in [1.807, 2.05) is 46.8 Å². The topological polar surface area (TPSA) is 164 Å². The van der Waals surface area contributed by atoms with Crippen molar-refractivity contribution >= 4 is 40.3 Å². The van der Waals surface area contributed by atoms with E-state index in [-0.39, 0.29) is 17.4 Å². The highest BCUT2D eigenvalue weighted by molar-refractivity contribution is 6.05. The number of fused-ring (bicyclic) bond motifs is 1. The summed E-state index contributed by atoms with van der Waals surface area (Å²) in [6.45, 7) is 3.65. The van der Waals surface area contributed by atoms with Crippen molar-refractivity contribution < 1.29 is 56.8 Å². The molecule has 0 radical (unpaired) electrons. The monoisotopic (exact) mass is 789 g/mol. The van der Waals surface area contributed by atoms with Gasteiger partial charge in [0.1, 0.15) is 22.9 Å². The van der Waals surface area contributed by atoms with Gasteiger partial charge in [-0.15, -0.1) is 13.2 Å². The number of nitrogens with zero attached hydrogens (tertiary/aromatic N) is 5. The third kappa shape index (κ3) is 11.3. The molecule has 3 aromatic carbocycles. The van der Waals surface area contributed by atoms with Crippen LogP contribution in [0.15, 0.2) is 103 Å². The third-order valence-corrected chi connectivity index (χ3v) is 8.80. The second kappa shape index (κ2) is 18.2. The first-order valence-electron chi connectivity index (χ1n) is 17.3. The quantitative estimate of drug-likeness (QED) is 0.146. The number of benzene rings is 3. The van der Waals surface area contributed by atoms with Crippen LogP contribution in [0.5, 0.6) is 23.1 Å². The number of carboxylic acid groups (broad SMARTS) is 2. The van der Waals surface area contributed by atoms with Gasteiger partial charge in [0.05, 0.1) is 19.0 Å². The predicted octanol–water partition coefficient (Wildman–Crippen LogP) is 6.22. The van der Waals surface area contributed by atoms with E-state index in [0.717, 1.165) is 48.4 Å². The number of amides is 2. The fourth-order valence-corrected chi connectivity index (χ4v) is 5.86. The SMILES string of the molecule is COc1ccc(CN2CCN(C(=O)c3cc4cc(Oc5ccc(N(C)C(=O)c6ccc(OC(F)(F)F)cc6)cn5)ccc4n3C)CC2)cc1.O=C(O)C=CC(=O)O. The van der Waals surface area contributed by atoms with E-state index in [1.54, 1.807) is 25.3 Å². The lowest BCUT2D eigenvalue weighted by Crippen LogP contribution is -2.48. The van der Waals surface area contributed by atoms with Crippen LogP contribution >= 0.6 is 0 Å². The van der Waals surface area contributed by atoms with E-state index in [0.29, 0.717) is 42.4 Å². The average molecular weight is 790 g/mol. The zero-order valence-corrected chi connectivity index (χ0v) is 31.0. The number of ether oxygens (including phenoxy) is 3. The number of anilines is 1. The largest absolute Gasteiger partial charge is 0.573 e. The van der Waals surface area contributed by atoms with Gasteiger partial charge in [-0.1, -0.05) is 12.1 Å². The van der Waals surface area contributed by atoms with Gasteiger partial charge in [0.2, 0.25) is 5.88 Å². The molecule has 0 spiro atoms. The summed E-state index contributed by atoms with van der Waals surface area (Å²) in [4.78, 5) is 55.4. The summed E-state index contributed by atoms with van der Waals surface area (Å²) in [7, 11) is 5.06. The Hall–Kier alpha value is -6.88. The number of alkyl halides is 3. The van der Waals surface area contributed by atoms with Crippen molar-refractivity contribution in [3.63, 3.8) is 0 Å². The maximum atomic E-state index is 13.5. The summed E-state index contributed by atoms with van der Waals surface area (Å²) in [6.07, 6.45) is -2.24. The fourth-order valence-electron chi connectivity index (χ4n) is 5.86. The number of hydrogen-bond donors (Lipinski definition) is 2. The van der Waals surface area contributed by atoms with Crippen LogP contribution in [0.2, 0.25) is 0 Å². The number of piperazine rings is 1. The Morgan fingerprint density at radius 1 is 0.825 bits per heavy atom. The molecule has 0 atom stereocenters. The zero-order chi connectivity index (χ0) is 41.3. The van der Waals surface area contributed by atoms with E-state index in [9.17, 15) is 32.3 Å². The first-order chi connectivity index (χ1) is 27.1. The van der Waals surface area contributed by atoms with E-state index in [1.165, 1.54) is 35.8 Å². The molecule has 0 aliphatic carbocycles. The molecule has 17 heteroatoms. The molecule has 6 rings (SSSR count). The summed E-state index contributed by atoms with van der Waals surface area (Å²) in [5, 5.41) is 16.5. The Morgan fingerprint density at radius 2 is 1.44 bits per heavy atom. The van der Waals surface area contributed by atoms with Crippen LogP contribution in [-0.4, -0.2) is 100 Å². The Labute approximate surface area is 324 Å². The molecule has 2 aromatic heterocycles. The third-order valence-electron chi connectivity index (χ3n) is 8.80. The molecule has 298 valence electrons. The van der Waals surface area contributed by atoms with Crippen molar-refractivity contribution in [1.29, 1.82) is 0 Å². The Kier molecular flexibility index (Phi) is 13.2. The van der Waals surface area contributed by atoms with Crippen molar-refractivity contribution in [3.8, 4) is 23.1 Å². The van der Waals surface area contributed by atoms with Crippen LogP contribution in [0.25, 0.3) is 10.9 Å². The second-order valence-corrected chi connectivity index (χ2v) is 12.6. The fraction of sp³-hybridized carbons (Fsp3) is 0.225. The highest BCUT2D eigenvalue weighted by Gasteiger charge is 2.31. The van der Waals surface area contributed by atoms with Gasteiger partial charge < -0.3 is 38.8 Å². The molecule has 3 heterocycles. The van der Waals surface area contributed by atoms with E-state index in [2.05, 4.69) is 26.8 Å². The Bertz CT molecular complexity index is 2220. The molecule has 2 amide bonds. The lowest BCUT2D eigenvalue weighted by atomic mass is 10.2. The molecular weight excluding hydrogens is 751 g/mol. The summed E-state index contributed by atoms with van der Waals surface area (Å²) in [5.74, 6) is -1.75. The average Bonchev–Trinajstić information content (AvgIpc) is 3.52. The van der Waals surface area contributed by atoms with Crippen LogP contribution in [0, 0.1) is 0 Å². The minimum Gasteiger partial charge on any atom is -0.497 e. The molecular formula is C40H38F3N5O9. The van der Waals surface area contributed by atoms with Crippen molar-refractivity contribution in [3.05, 3.63) is 120 Å². The first-order valence-corrected chi connectivity index (χ1v) is 17.3.